The number of hydrogen-bond acceptors (Lipinski definition) is 3. The van der Waals surface area contributed by atoms with Crippen molar-refractivity contribution in [2.45, 2.75) is 24.9 Å². The van der Waals surface area contributed by atoms with Gasteiger partial charge in [0.1, 0.15) is 5.82 Å². The summed E-state index contributed by atoms with van der Waals surface area (Å²) in [5.41, 5.74) is 1.72. The molecular weight excluding hydrogens is 211 g/mol. The number of fused-ring (bicyclic) bond motifs is 1. The van der Waals surface area contributed by atoms with Gasteiger partial charge in [-0.25, -0.2) is 9.18 Å². The number of carbonyl (C=O) groups excluding carboxylic acids is 1. The number of carbonyl (C=O) groups is 1. The second kappa shape index (κ2) is 4.22. The van der Waals surface area contributed by atoms with E-state index in [1.54, 1.807) is 6.07 Å². The molecule has 1 aliphatic carbocycles. The van der Waals surface area contributed by atoms with Crippen molar-refractivity contribution in [3.05, 3.63) is 35.1 Å². The van der Waals surface area contributed by atoms with E-state index in [9.17, 15) is 14.3 Å². The molecule has 0 bridgehead atoms. The van der Waals surface area contributed by atoms with Crippen molar-refractivity contribution >= 4 is 5.97 Å². The molecule has 0 fully saturated rings. The minimum Gasteiger partial charge on any atom is -0.467 e. The fourth-order valence-electron chi connectivity index (χ4n) is 2.23. The van der Waals surface area contributed by atoms with E-state index in [4.69, 9.17) is 0 Å². The summed E-state index contributed by atoms with van der Waals surface area (Å²) in [6.45, 7) is 0. The maximum absolute atomic E-state index is 13.0. The SMILES string of the molecule is COC(=O)C(O)C1CCc2cc(F)ccc21. The van der Waals surface area contributed by atoms with Crippen LogP contribution in [-0.4, -0.2) is 24.3 Å². The van der Waals surface area contributed by atoms with E-state index in [0.29, 0.717) is 12.8 Å². The second-order valence-electron chi connectivity index (χ2n) is 3.96. The van der Waals surface area contributed by atoms with E-state index in [0.717, 1.165) is 11.1 Å². The zero-order valence-corrected chi connectivity index (χ0v) is 8.94. The fraction of sp³-hybridized carbons (Fsp3) is 0.417. The molecule has 0 aromatic heterocycles. The van der Waals surface area contributed by atoms with E-state index in [1.807, 2.05) is 0 Å². The average Bonchev–Trinajstić information content (AvgIpc) is 2.69. The monoisotopic (exact) mass is 224 g/mol. The fourth-order valence-corrected chi connectivity index (χ4v) is 2.23. The second-order valence-corrected chi connectivity index (χ2v) is 3.96. The van der Waals surface area contributed by atoms with E-state index < -0.39 is 12.1 Å². The Balaban J connectivity index is 2.26. The number of benzene rings is 1. The molecule has 2 atom stereocenters. The third-order valence-electron chi connectivity index (χ3n) is 3.05. The van der Waals surface area contributed by atoms with Gasteiger partial charge in [-0.3, -0.25) is 0 Å². The maximum Gasteiger partial charge on any atom is 0.335 e. The van der Waals surface area contributed by atoms with Crippen LogP contribution in [0, 0.1) is 5.82 Å². The van der Waals surface area contributed by atoms with E-state index >= 15 is 0 Å². The summed E-state index contributed by atoms with van der Waals surface area (Å²) in [4.78, 5) is 11.2. The molecule has 1 aromatic rings. The van der Waals surface area contributed by atoms with Gasteiger partial charge in [0, 0.05) is 5.92 Å². The number of methoxy groups -OCH3 is 1. The summed E-state index contributed by atoms with van der Waals surface area (Å²) in [6.07, 6.45) is 0.178. The first-order valence-corrected chi connectivity index (χ1v) is 5.17. The molecule has 3 nitrogen and oxygen atoms in total. The van der Waals surface area contributed by atoms with Gasteiger partial charge in [-0.05, 0) is 36.1 Å². The lowest BCUT2D eigenvalue weighted by Gasteiger charge is -2.16. The lowest BCUT2D eigenvalue weighted by atomic mass is 9.95. The standard InChI is InChI=1S/C12H13FO3/c1-16-12(15)11(14)10-4-2-7-6-8(13)3-5-9(7)10/h3,5-6,10-11,14H,2,4H2,1H3. The van der Waals surface area contributed by atoms with Crippen LogP contribution in [0.15, 0.2) is 18.2 Å². The van der Waals surface area contributed by atoms with Crippen LogP contribution in [0.1, 0.15) is 23.5 Å². The number of esters is 1. The van der Waals surface area contributed by atoms with Crippen molar-refractivity contribution < 1.29 is 19.0 Å². The Morgan fingerprint density at radius 2 is 2.38 bits per heavy atom. The van der Waals surface area contributed by atoms with Crippen molar-refractivity contribution in [1.29, 1.82) is 0 Å². The molecule has 2 unspecified atom stereocenters. The maximum atomic E-state index is 13.0. The number of aliphatic hydroxyl groups excluding tert-OH is 1. The molecule has 16 heavy (non-hydrogen) atoms. The quantitative estimate of drug-likeness (QED) is 0.772. The Hall–Kier alpha value is -1.42. The Morgan fingerprint density at radius 3 is 3.06 bits per heavy atom. The van der Waals surface area contributed by atoms with Gasteiger partial charge < -0.3 is 9.84 Å². The van der Waals surface area contributed by atoms with Gasteiger partial charge >= 0.3 is 5.97 Å². The minimum absolute atomic E-state index is 0.275. The molecule has 0 saturated carbocycles. The number of aliphatic hydroxyl groups is 1. The summed E-state index contributed by atoms with van der Waals surface area (Å²) in [5.74, 6) is -1.20. The van der Waals surface area contributed by atoms with Gasteiger partial charge in [-0.15, -0.1) is 0 Å². The van der Waals surface area contributed by atoms with Crippen molar-refractivity contribution in [3.63, 3.8) is 0 Å². The average molecular weight is 224 g/mol. The van der Waals surface area contributed by atoms with Crippen LogP contribution in [0.2, 0.25) is 0 Å². The lowest BCUT2D eigenvalue weighted by Crippen LogP contribution is -2.27. The molecule has 1 N–H and O–H groups in total. The van der Waals surface area contributed by atoms with E-state index in [-0.39, 0.29) is 11.7 Å². The van der Waals surface area contributed by atoms with E-state index in [2.05, 4.69) is 4.74 Å². The summed E-state index contributed by atoms with van der Waals surface area (Å²) in [6, 6.07) is 4.44. The molecule has 2 rings (SSSR count). The summed E-state index contributed by atoms with van der Waals surface area (Å²) < 4.78 is 17.5. The van der Waals surface area contributed by atoms with Crippen LogP contribution in [0.4, 0.5) is 4.39 Å². The molecule has 4 heteroatoms. The highest BCUT2D eigenvalue weighted by Crippen LogP contribution is 2.36. The first-order chi connectivity index (χ1) is 7.63. The Morgan fingerprint density at radius 1 is 1.62 bits per heavy atom. The minimum atomic E-state index is -1.16. The molecule has 0 spiro atoms. The summed E-state index contributed by atoms with van der Waals surface area (Å²) >= 11 is 0. The number of aryl methyl sites for hydroxylation is 1. The molecule has 0 heterocycles. The number of rotatable bonds is 2. The molecular formula is C12H13FO3. The van der Waals surface area contributed by atoms with Gasteiger partial charge in [0.15, 0.2) is 6.10 Å². The third kappa shape index (κ3) is 1.80. The zero-order chi connectivity index (χ0) is 11.7. The largest absolute Gasteiger partial charge is 0.467 e. The first-order valence-electron chi connectivity index (χ1n) is 5.17. The molecule has 0 radical (unpaired) electrons. The van der Waals surface area contributed by atoms with Crippen LogP contribution in [0.5, 0.6) is 0 Å². The molecule has 0 saturated heterocycles. The molecule has 86 valence electrons. The van der Waals surface area contributed by atoms with Gasteiger partial charge in [0.2, 0.25) is 0 Å². The smallest absolute Gasteiger partial charge is 0.335 e. The summed E-state index contributed by atoms with van der Waals surface area (Å²) in [5, 5.41) is 9.77. The first kappa shape index (κ1) is 11.1. The number of halogens is 1. The predicted octanol–water partition coefficient (Wildman–Crippen LogP) is 1.39. The number of ether oxygens (including phenoxy) is 1. The van der Waals surface area contributed by atoms with Crippen LogP contribution < -0.4 is 0 Å². The normalized spacial score (nSPS) is 20.3. The van der Waals surface area contributed by atoms with Crippen molar-refractivity contribution in [3.8, 4) is 0 Å². The molecule has 0 amide bonds. The van der Waals surface area contributed by atoms with Crippen molar-refractivity contribution in [2.75, 3.05) is 7.11 Å². The lowest BCUT2D eigenvalue weighted by molar-refractivity contribution is -0.151. The van der Waals surface area contributed by atoms with Gasteiger partial charge in [0.05, 0.1) is 7.11 Å². The Bertz CT molecular complexity index is 417. The van der Waals surface area contributed by atoms with Crippen LogP contribution in [0.25, 0.3) is 0 Å². The molecule has 1 aliphatic rings. The highest BCUT2D eigenvalue weighted by Gasteiger charge is 2.33. The number of hydrogen-bond donors (Lipinski definition) is 1. The highest BCUT2D eigenvalue weighted by atomic mass is 19.1. The van der Waals surface area contributed by atoms with Gasteiger partial charge in [-0.1, -0.05) is 6.07 Å². The third-order valence-corrected chi connectivity index (χ3v) is 3.05. The van der Waals surface area contributed by atoms with Crippen LogP contribution in [-0.2, 0) is 16.0 Å². The van der Waals surface area contributed by atoms with Crippen molar-refractivity contribution in [1.82, 2.24) is 0 Å². The Labute approximate surface area is 92.9 Å². The van der Waals surface area contributed by atoms with Crippen LogP contribution >= 0.6 is 0 Å². The van der Waals surface area contributed by atoms with Crippen molar-refractivity contribution in [2.24, 2.45) is 0 Å². The Kier molecular flexibility index (Phi) is 2.92. The summed E-state index contributed by atoms with van der Waals surface area (Å²) in [7, 11) is 1.24. The van der Waals surface area contributed by atoms with Gasteiger partial charge in [0.25, 0.3) is 0 Å². The highest BCUT2D eigenvalue weighted by molar-refractivity contribution is 5.76. The molecule has 0 aliphatic heterocycles. The van der Waals surface area contributed by atoms with Gasteiger partial charge in [-0.2, -0.15) is 0 Å². The molecule has 1 aromatic carbocycles. The van der Waals surface area contributed by atoms with Crippen LogP contribution in [0.3, 0.4) is 0 Å². The predicted molar refractivity (Wildman–Crippen MR) is 55.5 cm³/mol. The topological polar surface area (TPSA) is 46.5 Å². The van der Waals surface area contributed by atoms with E-state index in [1.165, 1.54) is 19.2 Å². The zero-order valence-electron chi connectivity index (χ0n) is 8.94.